The molecule has 0 aliphatic carbocycles. The number of imide groups is 2. The molecule has 0 spiro atoms. The van der Waals surface area contributed by atoms with E-state index >= 15 is 0 Å². The maximum atomic E-state index is 14.3. The fraction of sp³-hybridized carbons (Fsp3) is 0.318. The third-order valence-corrected chi connectivity index (χ3v) is 13.5. The maximum Gasteiger partial charge on any atom is 0.235 e. The molecule has 12 nitrogen and oxygen atoms in total. The fourth-order valence-corrected chi connectivity index (χ4v) is 11.3. The number of para-hydroxylation sites is 2. The summed E-state index contributed by atoms with van der Waals surface area (Å²) in [5.74, 6) is -4.33. The van der Waals surface area contributed by atoms with Crippen LogP contribution in [0.3, 0.4) is 0 Å². The van der Waals surface area contributed by atoms with Crippen LogP contribution in [0.2, 0.25) is 0 Å². The zero-order chi connectivity index (χ0) is 37.4. The highest BCUT2D eigenvalue weighted by Gasteiger charge is 2.74. The summed E-state index contributed by atoms with van der Waals surface area (Å²) in [5.41, 5.74) is 5.38. The number of amides is 4. The van der Waals surface area contributed by atoms with E-state index in [4.69, 9.17) is 19.7 Å². The average molecular weight is 745 g/mol. The molecule has 8 aliphatic rings. The molecule has 0 radical (unpaired) electrons. The second kappa shape index (κ2) is 11.8. The molecule has 0 aromatic heterocycles. The van der Waals surface area contributed by atoms with Crippen LogP contribution in [0.25, 0.3) is 0 Å². The van der Waals surface area contributed by atoms with E-state index in [0.29, 0.717) is 0 Å². The smallest absolute Gasteiger partial charge is 0.235 e. The van der Waals surface area contributed by atoms with Crippen molar-refractivity contribution in [3.05, 3.63) is 132 Å². The van der Waals surface area contributed by atoms with Crippen LogP contribution in [0.4, 0.5) is 11.4 Å². The molecular weight excluding hydrogens is 709 g/mol. The van der Waals surface area contributed by atoms with Gasteiger partial charge in [-0.15, -0.1) is 0 Å². The Balaban J connectivity index is 0.809. The van der Waals surface area contributed by atoms with Gasteiger partial charge in [-0.1, -0.05) is 97.1 Å². The van der Waals surface area contributed by atoms with Crippen molar-refractivity contribution in [1.29, 1.82) is 0 Å². The molecule has 12 heteroatoms. The van der Waals surface area contributed by atoms with Gasteiger partial charge < -0.3 is 9.47 Å². The highest BCUT2D eigenvalue weighted by molar-refractivity contribution is 6.12. The number of carbonyl (C=O) groups excluding carboxylic acids is 4. The Labute approximate surface area is 321 Å². The number of anilines is 2. The highest BCUT2D eigenvalue weighted by atomic mass is 16.5. The summed E-state index contributed by atoms with van der Waals surface area (Å²) in [5, 5.41) is 14.1. The summed E-state index contributed by atoms with van der Waals surface area (Å²) in [7, 11) is 0. The fourth-order valence-electron chi connectivity index (χ4n) is 11.3. The lowest BCUT2D eigenvalue weighted by Crippen LogP contribution is -2.50. The lowest BCUT2D eigenvalue weighted by Gasteiger charge is -2.32. The van der Waals surface area contributed by atoms with Crippen LogP contribution < -0.4 is 10.0 Å². The van der Waals surface area contributed by atoms with E-state index in [9.17, 15) is 19.2 Å². The predicted molar refractivity (Wildman–Crippen MR) is 203 cm³/mol. The monoisotopic (exact) mass is 744 g/mol. The number of benzene rings is 4. The number of hydrazone groups is 2. The molecule has 0 N–H and O–H groups in total. The van der Waals surface area contributed by atoms with E-state index in [1.165, 1.54) is 9.80 Å². The van der Waals surface area contributed by atoms with Crippen LogP contribution in [-0.2, 0) is 28.7 Å². The normalized spacial score (nSPS) is 35.7. The number of hydrogen-bond acceptors (Lipinski definition) is 10. The summed E-state index contributed by atoms with van der Waals surface area (Å²) in [6.07, 6.45) is -2.15. The molecule has 0 saturated carbocycles. The van der Waals surface area contributed by atoms with E-state index in [1.807, 2.05) is 131 Å². The third-order valence-electron chi connectivity index (χ3n) is 13.5. The van der Waals surface area contributed by atoms with E-state index in [-0.39, 0.29) is 60.6 Å². The molecule has 4 aromatic carbocycles. The zero-order valence-electron chi connectivity index (χ0n) is 30.0. The minimum atomic E-state index is -0.669. The Hall–Kier alpha value is -5.98. The number of carbonyl (C=O) groups is 4. The van der Waals surface area contributed by atoms with Gasteiger partial charge in [-0.25, -0.2) is 0 Å². The molecule has 8 heterocycles. The Morgan fingerprint density at radius 1 is 0.411 bits per heavy atom. The molecule has 4 amide bonds. The quantitative estimate of drug-likeness (QED) is 0.264. The summed E-state index contributed by atoms with van der Waals surface area (Å²) < 4.78 is 13.1. The second-order valence-corrected chi connectivity index (χ2v) is 16.0. The number of fused-ring (bicyclic) bond motifs is 16. The SMILES string of the molecule is O=C1[C@@H]2[C@@H]3O[C@H]([C@@H]2C(=O)N1CCN1C(=O)[C@@H]2[C@@H]4O[C@H]([C@@H]2C1=O)[C@@H]1[C@H]4C(c2ccccc2)=NN1c1ccccc1)[C@@H]1[C@H]3C(c2ccccc2)=NN1c1ccccc1. The Bertz CT molecular complexity index is 2210. The zero-order valence-corrected chi connectivity index (χ0v) is 30.0. The van der Waals surface area contributed by atoms with Gasteiger partial charge in [0, 0.05) is 13.1 Å². The lowest BCUT2D eigenvalue weighted by atomic mass is 9.70. The van der Waals surface area contributed by atoms with Crippen LogP contribution in [0.15, 0.2) is 132 Å². The topological polar surface area (TPSA) is 124 Å². The van der Waals surface area contributed by atoms with Crippen LogP contribution in [0.1, 0.15) is 11.1 Å². The Morgan fingerprint density at radius 3 is 1.09 bits per heavy atom. The maximum absolute atomic E-state index is 14.3. The number of hydrogen-bond donors (Lipinski definition) is 0. The molecular formula is C44H36N6O6. The first-order valence-electron chi connectivity index (χ1n) is 19.5. The van der Waals surface area contributed by atoms with Crippen LogP contribution in [0.5, 0.6) is 0 Å². The Kier molecular flexibility index (Phi) is 6.78. The highest BCUT2D eigenvalue weighted by Crippen LogP contribution is 2.58. The van der Waals surface area contributed by atoms with Crippen LogP contribution in [0, 0.1) is 35.5 Å². The first kappa shape index (κ1) is 32.3. The van der Waals surface area contributed by atoms with Crippen molar-refractivity contribution in [1.82, 2.24) is 9.80 Å². The van der Waals surface area contributed by atoms with Gasteiger partial charge in [0.05, 0.1) is 94.8 Å². The molecule has 6 fully saturated rings. The molecule has 12 atom stereocenters. The van der Waals surface area contributed by atoms with Gasteiger partial charge in [0.25, 0.3) is 0 Å². The van der Waals surface area contributed by atoms with Gasteiger partial charge in [0.1, 0.15) is 0 Å². The van der Waals surface area contributed by atoms with E-state index in [1.54, 1.807) is 0 Å². The van der Waals surface area contributed by atoms with Crippen molar-refractivity contribution < 1.29 is 28.7 Å². The average Bonchev–Trinajstić information content (AvgIpc) is 4.12. The van der Waals surface area contributed by atoms with Crippen molar-refractivity contribution in [2.24, 2.45) is 45.7 Å². The molecule has 4 aromatic rings. The number of ether oxygens (including phenoxy) is 2. The van der Waals surface area contributed by atoms with E-state index < -0.39 is 48.1 Å². The molecule has 4 bridgehead atoms. The summed E-state index contributed by atoms with van der Waals surface area (Å²) in [6, 6.07) is 39.0. The van der Waals surface area contributed by atoms with Gasteiger partial charge in [0.15, 0.2) is 0 Å². The summed E-state index contributed by atoms with van der Waals surface area (Å²) in [6.45, 7) is -0.122. The number of likely N-dealkylation sites (tertiary alicyclic amines) is 2. The molecule has 12 rings (SSSR count). The molecule has 0 unspecified atom stereocenters. The molecule has 56 heavy (non-hydrogen) atoms. The first-order chi connectivity index (χ1) is 27.5. The van der Waals surface area contributed by atoms with Gasteiger partial charge >= 0.3 is 0 Å². The largest absolute Gasteiger partial charge is 0.370 e. The molecule has 6 saturated heterocycles. The van der Waals surface area contributed by atoms with Gasteiger partial charge in [-0.2, -0.15) is 10.2 Å². The van der Waals surface area contributed by atoms with Crippen molar-refractivity contribution in [2.45, 2.75) is 36.5 Å². The first-order valence-corrected chi connectivity index (χ1v) is 19.5. The minimum Gasteiger partial charge on any atom is -0.370 e. The minimum absolute atomic E-state index is 0.0612. The number of rotatable bonds is 7. The van der Waals surface area contributed by atoms with Crippen molar-refractivity contribution in [3.63, 3.8) is 0 Å². The van der Waals surface area contributed by atoms with Crippen LogP contribution in [-0.4, -0.2) is 94.4 Å². The van der Waals surface area contributed by atoms with Crippen LogP contribution >= 0.6 is 0 Å². The van der Waals surface area contributed by atoms with Gasteiger partial charge in [0.2, 0.25) is 23.6 Å². The molecule has 278 valence electrons. The predicted octanol–water partition coefficient (Wildman–Crippen LogP) is 3.57. The van der Waals surface area contributed by atoms with E-state index in [2.05, 4.69) is 0 Å². The standard InChI is InChI=1S/C44H36N6O6/c51-41-27-29(39-35-31(37(27)55-39)33(23-13-5-1-6-14-23)45-49(35)25-17-9-3-10-18-25)43(53)47(41)21-22-48-42(52)28-30(44(48)54)40-36-32(38(28)56-40)34(24-15-7-2-8-16-24)46-50(36)26-19-11-4-12-20-26/h1-20,27-32,35-40H,21-22H2/t27-,28-,29+,30+,31+,32+,35-,36-,37-,38-,39+,40+/m0/s1. The van der Waals surface area contributed by atoms with Crippen molar-refractivity contribution >= 4 is 46.4 Å². The molecule has 8 aliphatic heterocycles. The van der Waals surface area contributed by atoms with Crippen molar-refractivity contribution in [2.75, 3.05) is 23.1 Å². The summed E-state index contributed by atoms with van der Waals surface area (Å²) in [4.78, 5) is 59.6. The Morgan fingerprint density at radius 2 is 0.732 bits per heavy atom. The van der Waals surface area contributed by atoms with E-state index in [0.717, 1.165) is 33.9 Å². The van der Waals surface area contributed by atoms with Gasteiger partial charge in [-0.3, -0.25) is 39.0 Å². The second-order valence-electron chi connectivity index (χ2n) is 16.0. The summed E-state index contributed by atoms with van der Waals surface area (Å²) >= 11 is 0. The van der Waals surface area contributed by atoms with Crippen molar-refractivity contribution in [3.8, 4) is 0 Å². The van der Waals surface area contributed by atoms with Gasteiger partial charge in [-0.05, 0) is 35.4 Å². The third kappa shape index (κ3) is 4.20. The lowest BCUT2D eigenvalue weighted by molar-refractivity contribution is -0.148. The number of nitrogens with zero attached hydrogens (tertiary/aromatic N) is 6.